The smallest absolute Gasteiger partial charge is 0.303 e. The molecule has 112 valence electrons. The van der Waals surface area contributed by atoms with Gasteiger partial charge in [-0.15, -0.1) is 0 Å². The minimum absolute atomic E-state index is 0.102. The van der Waals surface area contributed by atoms with Gasteiger partial charge in [-0.3, -0.25) is 4.79 Å². The molecule has 0 bridgehead atoms. The summed E-state index contributed by atoms with van der Waals surface area (Å²) in [4.78, 5) is 15.1. The molecule has 0 aliphatic heterocycles. The zero-order chi connectivity index (χ0) is 15.2. The van der Waals surface area contributed by atoms with Gasteiger partial charge in [-0.1, -0.05) is 0 Å². The molecule has 2 N–H and O–H groups in total. The van der Waals surface area contributed by atoms with Crippen molar-refractivity contribution in [2.24, 2.45) is 0 Å². The number of rotatable bonds is 6. The van der Waals surface area contributed by atoms with Crippen LogP contribution in [0.25, 0.3) is 0 Å². The van der Waals surface area contributed by atoms with Gasteiger partial charge >= 0.3 is 5.97 Å². The first-order valence-electron chi connectivity index (χ1n) is 7.51. The number of nitrogens with one attached hydrogen (secondary N) is 1. The molecule has 0 spiro atoms. The first-order valence-corrected chi connectivity index (χ1v) is 7.51. The maximum absolute atomic E-state index is 10.5. The molecule has 0 fully saturated rings. The van der Waals surface area contributed by atoms with Crippen molar-refractivity contribution < 1.29 is 9.90 Å². The standard InChI is InChI=1S/C16H21N3O2/c1-11(5-4-8-15(20)21)18-16-13(10-17)9-12-6-2-3-7-14(12)19-16/h9,11H,2-8H2,1H3,(H,18,19)(H,20,21). The summed E-state index contributed by atoms with van der Waals surface area (Å²) < 4.78 is 0. The van der Waals surface area contributed by atoms with Gasteiger partial charge < -0.3 is 10.4 Å². The first-order chi connectivity index (χ1) is 10.1. The van der Waals surface area contributed by atoms with E-state index in [1.165, 1.54) is 5.56 Å². The van der Waals surface area contributed by atoms with Gasteiger partial charge in [0.2, 0.25) is 0 Å². The number of aromatic nitrogens is 1. The second-order valence-corrected chi connectivity index (χ2v) is 5.64. The summed E-state index contributed by atoms with van der Waals surface area (Å²) in [6, 6.07) is 4.26. The predicted octanol–water partition coefficient (Wildman–Crippen LogP) is 2.89. The summed E-state index contributed by atoms with van der Waals surface area (Å²) in [6.07, 6.45) is 5.84. The maximum Gasteiger partial charge on any atom is 0.303 e. The predicted molar refractivity (Wildman–Crippen MR) is 80.2 cm³/mol. The molecule has 0 saturated carbocycles. The number of carboxylic acid groups (broad SMARTS) is 1. The molecule has 1 heterocycles. The van der Waals surface area contributed by atoms with E-state index >= 15 is 0 Å². The first kappa shape index (κ1) is 15.3. The molecule has 2 rings (SSSR count). The molecule has 1 atom stereocenters. The molecule has 1 aromatic heterocycles. The van der Waals surface area contributed by atoms with Crippen LogP contribution in [0.15, 0.2) is 6.07 Å². The monoisotopic (exact) mass is 287 g/mol. The second kappa shape index (κ2) is 7.07. The normalized spacial score (nSPS) is 14.9. The van der Waals surface area contributed by atoms with Crippen molar-refractivity contribution in [3.63, 3.8) is 0 Å². The lowest BCUT2D eigenvalue weighted by Crippen LogP contribution is -2.19. The molecule has 1 unspecified atom stereocenters. The minimum atomic E-state index is -0.771. The summed E-state index contributed by atoms with van der Waals surface area (Å²) in [5.41, 5.74) is 2.88. The SMILES string of the molecule is CC(CCCC(=O)O)Nc1nc2c(cc1C#N)CCCC2. The Bertz CT molecular complexity index is 563. The topological polar surface area (TPSA) is 86.0 Å². The zero-order valence-corrected chi connectivity index (χ0v) is 12.4. The van der Waals surface area contributed by atoms with Crippen LogP contribution in [0.4, 0.5) is 5.82 Å². The Balaban J connectivity index is 2.05. The number of aliphatic carboxylic acids is 1. The Kier molecular flexibility index (Phi) is 5.15. The van der Waals surface area contributed by atoms with Crippen molar-refractivity contribution in [2.75, 3.05) is 5.32 Å². The van der Waals surface area contributed by atoms with Gasteiger partial charge in [0.05, 0.1) is 5.56 Å². The quantitative estimate of drug-likeness (QED) is 0.840. The van der Waals surface area contributed by atoms with Gasteiger partial charge in [-0.2, -0.15) is 5.26 Å². The lowest BCUT2D eigenvalue weighted by atomic mass is 9.95. The van der Waals surface area contributed by atoms with Crippen molar-refractivity contribution in [3.8, 4) is 6.07 Å². The number of carboxylic acids is 1. The lowest BCUT2D eigenvalue weighted by molar-refractivity contribution is -0.137. The highest BCUT2D eigenvalue weighted by atomic mass is 16.4. The summed E-state index contributed by atoms with van der Waals surface area (Å²) in [5, 5.41) is 21.2. The molecular weight excluding hydrogens is 266 g/mol. The number of hydrogen-bond acceptors (Lipinski definition) is 4. The fraction of sp³-hybridized carbons (Fsp3) is 0.562. The average Bonchev–Trinajstić information content (AvgIpc) is 2.46. The van der Waals surface area contributed by atoms with Crippen LogP contribution in [0.1, 0.15) is 55.8 Å². The van der Waals surface area contributed by atoms with Crippen LogP contribution in [0.5, 0.6) is 0 Å². The minimum Gasteiger partial charge on any atom is -0.481 e. The van der Waals surface area contributed by atoms with Crippen molar-refractivity contribution in [3.05, 3.63) is 22.9 Å². The Morgan fingerprint density at radius 1 is 1.52 bits per heavy atom. The van der Waals surface area contributed by atoms with Crippen molar-refractivity contribution in [2.45, 2.75) is 57.9 Å². The van der Waals surface area contributed by atoms with E-state index in [4.69, 9.17) is 5.11 Å². The van der Waals surface area contributed by atoms with Gasteiger partial charge in [0.25, 0.3) is 0 Å². The molecule has 0 radical (unpaired) electrons. The number of fused-ring (bicyclic) bond motifs is 1. The van der Waals surface area contributed by atoms with E-state index in [0.29, 0.717) is 17.8 Å². The number of nitriles is 1. The molecule has 0 saturated heterocycles. The van der Waals surface area contributed by atoms with E-state index in [9.17, 15) is 10.1 Å². The Morgan fingerprint density at radius 2 is 2.29 bits per heavy atom. The molecule has 1 aliphatic carbocycles. The molecule has 0 amide bonds. The van der Waals surface area contributed by atoms with E-state index < -0.39 is 5.97 Å². The average molecular weight is 287 g/mol. The van der Waals surface area contributed by atoms with Crippen LogP contribution in [0, 0.1) is 11.3 Å². The highest BCUT2D eigenvalue weighted by Crippen LogP contribution is 2.25. The fourth-order valence-electron chi connectivity index (χ4n) is 2.69. The van der Waals surface area contributed by atoms with Gasteiger partial charge in [0, 0.05) is 18.2 Å². The molecule has 5 heteroatoms. The summed E-state index contributed by atoms with van der Waals surface area (Å²) in [5.74, 6) is -0.132. The summed E-state index contributed by atoms with van der Waals surface area (Å²) >= 11 is 0. The van der Waals surface area contributed by atoms with Crippen molar-refractivity contribution in [1.29, 1.82) is 5.26 Å². The molecule has 1 aliphatic rings. The van der Waals surface area contributed by atoms with Gasteiger partial charge in [0.15, 0.2) is 0 Å². The van der Waals surface area contributed by atoms with Crippen LogP contribution < -0.4 is 5.32 Å². The van der Waals surface area contributed by atoms with Crippen LogP contribution in [0.3, 0.4) is 0 Å². The fourth-order valence-corrected chi connectivity index (χ4v) is 2.69. The number of anilines is 1. The summed E-state index contributed by atoms with van der Waals surface area (Å²) in [6.45, 7) is 1.99. The second-order valence-electron chi connectivity index (χ2n) is 5.64. The number of pyridine rings is 1. The van der Waals surface area contributed by atoms with E-state index in [0.717, 1.165) is 37.8 Å². The number of hydrogen-bond donors (Lipinski definition) is 2. The molecule has 1 aromatic rings. The lowest BCUT2D eigenvalue weighted by Gasteiger charge is -2.20. The van der Waals surface area contributed by atoms with E-state index in [1.807, 2.05) is 13.0 Å². The number of nitrogens with zero attached hydrogens (tertiary/aromatic N) is 2. The van der Waals surface area contributed by atoms with Crippen LogP contribution in [-0.2, 0) is 17.6 Å². The molecular formula is C16H21N3O2. The van der Waals surface area contributed by atoms with Crippen molar-refractivity contribution in [1.82, 2.24) is 4.98 Å². The Morgan fingerprint density at radius 3 is 3.00 bits per heavy atom. The van der Waals surface area contributed by atoms with Crippen LogP contribution in [-0.4, -0.2) is 22.1 Å². The number of carbonyl (C=O) groups is 1. The largest absolute Gasteiger partial charge is 0.481 e. The summed E-state index contributed by atoms with van der Waals surface area (Å²) in [7, 11) is 0. The highest BCUT2D eigenvalue weighted by Gasteiger charge is 2.16. The maximum atomic E-state index is 10.5. The van der Waals surface area contributed by atoms with Crippen LogP contribution in [0.2, 0.25) is 0 Å². The van der Waals surface area contributed by atoms with Gasteiger partial charge in [-0.25, -0.2) is 4.98 Å². The van der Waals surface area contributed by atoms with E-state index in [-0.39, 0.29) is 12.5 Å². The third-order valence-electron chi connectivity index (χ3n) is 3.83. The van der Waals surface area contributed by atoms with Gasteiger partial charge in [-0.05, 0) is 57.1 Å². The highest BCUT2D eigenvalue weighted by molar-refractivity contribution is 5.66. The molecule has 0 aromatic carbocycles. The third-order valence-corrected chi connectivity index (χ3v) is 3.83. The Labute approximate surface area is 125 Å². The van der Waals surface area contributed by atoms with E-state index in [1.54, 1.807) is 0 Å². The Hall–Kier alpha value is -2.09. The third kappa shape index (κ3) is 4.19. The van der Waals surface area contributed by atoms with E-state index in [2.05, 4.69) is 16.4 Å². The zero-order valence-electron chi connectivity index (χ0n) is 12.4. The number of aryl methyl sites for hydroxylation is 2. The molecule has 5 nitrogen and oxygen atoms in total. The van der Waals surface area contributed by atoms with Crippen molar-refractivity contribution >= 4 is 11.8 Å². The van der Waals surface area contributed by atoms with Crippen LogP contribution >= 0.6 is 0 Å². The van der Waals surface area contributed by atoms with Gasteiger partial charge in [0.1, 0.15) is 11.9 Å². The molecule has 21 heavy (non-hydrogen) atoms.